The molecule has 1 aromatic heterocycles. The molecule has 90 valence electrons. The van der Waals surface area contributed by atoms with Crippen LogP contribution in [0.1, 0.15) is 38.4 Å². The maximum Gasteiger partial charge on any atom is 0.239 e. The van der Waals surface area contributed by atoms with Crippen LogP contribution < -0.4 is 5.32 Å². The molecule has 16 heavy (non-hydrogen) atoms. The second-order valence-corrected chi connectivity index (χ2v) is 4.01. The van der Waals surface area contributed by atoms with Gasteiger partial charge in [-0.3, -0.25) is 9.48 Å². The normalized spacial score (nSPS) is 10.8. The number of nitrogens with one attached hydrogen (secondary N) is 1. The summed E-state index contributed by atoms with van der Waals surface area (Å²) in [6, 6.07) is 0.390. The van der Waals surface area contributed by atoms with Gasteiger partial charge in [0.05, 0.1) is 23.6 Å². The van der Waals surface area contributed by atoms with Crippen LogP contribution in [0.5, 0.6) is 0 Å². The molecule has 1 aromatic rings. The summed E-state index contributed by atoms with van der Waals surface area (Å²) in [6.07, 6.45) is 3.74. The van der Waals surface area contributed by atoms with E-state index in [0.29, 0.717) is 6.04 Å². The van der Waals surface area contributed by atoms with Crippen molar-refractivity contribution in [2.45, 2.75) is 39.7 Å². The summed E-state index contributed by atoms with van der Waals surface area (Å²) in [5.41, 5.74) is 1.73. The van der Waals surface area contributed by atoms with Crippen molar-refractivity contribution in [1.29, 1.82) is 0 Å². The molecular weight excluding hydrogens is 226 g/mol. The predicted octanol–water partition coefficient (Wildman–Crippen LogP) is 2.73. The Hall–Kier alpha value is -1.03. The van der Waals surface area contributed by atoms with E-state index < -0.39 is 0 Å². The number of hydrogen-bond acceptors (Lipinski definition) is 2. The first-order valence-corrected chi connectivity index (χ1v) is 6.07. The molecule has 0 aliphatic heterocycles. The van der Waals surface area contributed by atoms with Crippen LogP contribution in [0.2, 0.25) is 0 Å². The fourth-order valence-electron chi connectivity index (χ4n) is 1.73. The molecule has 0 saturated carbocycles. The Morgan fingerprint density at radius 2 is 2.19 bits per heavy atom. The molecule has 0 atom stereocenters. The van der Waals surface area contributed by atoms with E-state index in [1.807, 2.05) is 11.6 Å². The lowest BCUT2D eigenvalue weighted by molar-refractivity contribution is -0.113. The topological polar surface area (TPSA) is 46.9 Å². The van der Waals surface area contributed by atoms with Crippen LogP contribution in [0.4, 0.5) is 5.69 Å². The van der Waals surface area contributed by atoms with Gasteiger partial charge in [-0.05, 0) is 19.8 Å². The minimum Gasteiger partial charge on any atom is -0.322 e. The molecule has 4 nitrogen and oxygen atoms in total. The third-order valence-corrected chi connectivity index (χ3v) is 2.97. The molecule has 0 spiro atoms. The summed E-state index contributed by atoms with van der Waals surface area (Å²) in [6.45, 7) is 6.22. The predicted molar refractivity (Wildman–Crippen MR) is 65.9 cm³/mol. The number of alkyl halides is 1. The Bertz CT molecular complexity index is 358. The van der Waals surface area contributed by atoms with E-state index in [-0.39, 0.29) is 11.8 Å². The number of halogens is 1. The number of anilines is 1. The number of nitrogens with zero attached hydrogens (tertiary/aromatic N) is 2. The van der Waals surface area contributed by atoms with Crippen molar-refractivity contribution in [3.63, 3.8) is 0 Å². The molecule has 0 saturated heterocycles. The summed E-state index contributed by atoms with van der Waals surface area (Å²) in [4.78, 5) is 11.2. The fourth-order valence-corrected chi connectivity index (χ4v) is 1.80. The molecule has 1 N–H and O–H groups in total. The third kappa shape index (κ3) is 2.76. The summed E-state index contributed by atoms with van der Waals surface area (Å²) >= 11 is 5.44. The van der Waals surface area contributed by atoms with Crippen LogP contribution >= 0.6 is 11.6 Å². The van der Waals surface area contributed by atoms with Gasteiger partial charge >= 0.3 is 0 Å². The van der Waals surface area contributed by atoms with E-state index in [1.54, 1.807) is 6.20 Å². The van der Waals surface area contributed by atoms with Gasteiger partial charge in [0.1, 0.15) is 5.88 Å². The smallest absolute Gasteiger partial charge is 0.239 e. The van der Waals surface area contributed by atoms with Gasteiger partial charge in [0.25, 0.3) is 0 Å². The monoisotopic (exact) mass is 243 g/mol. The maximum absolute atomic E-state index is 11.2. The first-order chi connectivity index (χ1) is 7.63. The lowest BCUT2D eigenvalue weighted by Crippen LogP contribution is -2.14. The van der Waals surface area contributed by atoms with Crippen molar-refractivity contribution < 1.29 is 4.79 Å². The summed E-state index contributed by atoms with van der Waals surface area (Å²) in [5, 5.41) is 7.03. The van der Waals surface area contributed by atoms with Crippen molar-refractivity contribution in [3.05, 3.63) is 11.9 Å². The average molecular weight is 244 g/mol. The highest BCUT2D eigenvalue weighted by molar-refractivity contribution is 6.29. The molecule has 0 aliphatic rings. The molecular formula is C11H18ClN3O. The SMILES string of the molecule is CCC(CC)n1ncc(NC(=O)CCl)c1C. The van der Waals surface area contributed by atoms with Gasteiger partial charge in [-0.25, -0.2) is 0 Å². The Balaban J connectivity index is 2.87. The third-order valence-electron chi connectivity index (χ3n) is 2.73. The van der Waals surface area contributed by atoms with Gasteiger partial charge < -0.3 is 5.32 Å². The Morgan fingerprint density at radius 1 is 1.56 bits per heavy atom. The van der Waals surface area contributed by atoms with Crippen LogP contribution in [0.25, 0.3) is 0 Å². The minimum atomic E-state index is -0.200. The van der Waals surface area contributed by atoms with E-state index in [0.717, 1.165) is 24.2 Å². The van der Waals surface area contributed by atoms with Gasteiger partial charge in [0.15, 0.2) is 0 Å². The van der Waals surface area contributed by atoms with E-state index in [4.69, 9.17) is 11.6 Å². The summed E-state index contributed by atoms with van der Waals surface area (Å²) < 4.78 is 1.96. The number of carbonyl (C=O) groups is 1. The number of carbonyl (C=O) groups excluding carboxylic acids is 1. The second-order valence-electron chi connectivity index (χ2n) is 3.74. The van der Waals surface area contributed by atoms with Crippen LogP contribution in [0, 0.1) is 6.92 Å². The molecule has 1 amide bonds. The Labute approximate surface area is 101 Å². The summed E-state index contributed by atoms with van der Waals surface area (Å²) in [5.74, 6) is -0.232. The molecule has 0 aliphatic carbocycles. The van der Waals surface area contributed by atoms with Gasteiger partial charge in [0.2, 0.25) is 5.91 Å². The first kappa shape index (κ1) is 13.0. The Morgan fingerprint density at radius 3 is 2.69 bits per heavy atom. The minimum absolute atomic E-state index is 0.0321. The zero-order valence-corrected chi connectivity index (χ0v) is 10.7. The van der Waals surface area contributed by atoms with Crippen LogP contribution in [0.3, 0.4) is 0 Å². The van der Waals surface area contributed by atoms with E-state index >= 15 is 0 Å². The lowest BCUT2D eigenvalue weighted by Gasteiger charge is -2.15. The van der Waals surface area contributed by atoms with Crippen molar-refractivity contribution >= 4 is 23.2 Å². The van der Waals surface area contributed by atoms with Crippen molar-refractivity contribution in [2.24, 2.45) is 0 Å². The van der Waals surface area contributed by atoms with Crippen molar-refractivity contribution in [2.75, 3.05) is 11.2 Å². The molecule has 1 heterocycles. The highest BCUT2D eigenvalue weighted by atomic mass is 35.5. The number of rotatable bonds is 5. The van der Waals surface area contributed by atoms with Crippen molar-refractivity contribution in [1.82, 2.24) is 9.78 Å². The zero-order valence-electron chi connectivity index (χ0n) is 9.96. The van der Waals surface area contributed by atoms with E-state index in [1.165, 1.54) is 0 Å². The number of hydrogen-bond donors (Lipinski definition) is 1. The first-order valence-electron chi connectivity index (χ1n) is 5.53. The Kier molecular flexibility index (Phi) is 4.80. The molecule has 1 rings (SSSR count). The maximum atomic E-state index is 11.2. The van der Waals surface area contributed by atoms with Gasteiger partial charge in [-0.15, -0.1) is 11.6 Å². The van der Waals surface area contributed by atoms with E-state index in [2.05, 4.69) is 24.3 Å². The number of amides is 1. The van der Waals surface area contributed by atoms with E-state index in [9.17, 15) is 4.79 Å². The average Bonchev–Trinajstić information content (AvgIpc) is 2.63. The highest BCUT2D eigenvalue weighted by Gasteiger charge is 2.14. The van der Waals surface area contributed by atoms with Gasteiger partial charge in [0, 0.05) is 0 Å². The van der Waals surface area contributed by atoms with Gasteiger partial charge in [-0.1, -0.05) is 13.8 Å². The molecule has 0 unspecified atom stereocenters. The quantitative estimate of drug-likeness (QED) is 0.809. The van der Waals surface area contributed by atoms with Crippen LogP contribution in [-0.4, -0.2) is 21.6 Å². The molecule has 0 radical (unpaired) electrons. The molecule has 0 aromatic carbocycles. The second kappa shape index (κ2) is 5.89. The van der Waals surface area contributed by atoms with Crippen LogP contribution in [-0.2, 0) is 4.79 Å². The lowest BCUT2D eigenvalue weighted by atomic mass is 10.2. The molecule has 0 bridgehead atoms. The van der Waals surface area contributed by atoms with Crippen molar-refractivity contribution in [3.8, 4) is 0 Å². The molecule has 5 heteroatoms. The van der Waals surface area contributed by atoms with Crippen LogP contribution in [0.15, 0.2) is 6.20 Å². The number of aromatic nitrogens is 2. The zero-order chi connectivity index (χ0) is 12.1. The fraction of sp³-hybridized carbons (Fsp3) is 0.636. The molecule has 0 fully saturated rings. The largest absolute Gasteiger partial charge is 0.322 e. The standard InChI is InChI=1S/C11H18ClN3O/c1-4-9(5-2)15-8(3)10(7-13-15)14-11(16)6-12/h7,9H,4-6H2,1-3H3,(H,14,16). The van der Waals surface area contributed by atoms with Gasteiger partial charge in [-0.2, -0.15) is 5.10 Å². The highest BCUT2D eigenvalue weighted by Crippen LogP contribution is 2.22. The summed E-state index contributed by atoms with van der Waals surface area (Å²) in [7, 11) is 0.